The van der Waals surface area contributed by atoms with Gasteiger partial charge in [0, 0.05) is 26.2 Å². The zero-order valence-corrected chi connectivity index (χ0v) is 17.5. The summed E-state index contributed by atoms with van der Waals surface area (Å²) in [7, 11) is 0. The highest BCUT2D eigenvalue weighted by Gasteiger charge is 2.19. The fraction of sp³-hybridized carbons (Fsp3) is 0.895. The van der Waals surface area contributed by atoms with Gasteiger partial charge in [-0.3, -0.25) is 9.59 Å². The van der Waals surface area contributed by atoms with E-state index in [0.717, 1.165) is 0 Å². The van der Waals surface area contributed by atoms with Crippen LogP contribution in [0.3, 0.4) is 0 Å². The second kappa shape index (κ2) is 15.5. The van der Waals surface area contributed by atoms with Gasteiger partial charge in [0.2, 0.25) is 11.8 Å². The number of carbonyl (C=O) groups is 2. The summed E-state index contributed by atoms with van der Waals surface area (Å²) in [6, 6.07) is 0. The minimum absolute atomic E-state index is 0.00256. The van der Waals surface area contributed by atoms with Crippen LogP contribution in [-0.2, 0) is 38.0 Å². The number of hydrogen-bond acceptors (Lipinski definition) is 9. The van der Waals surface area contributed by atoms with Crippen molar-refractivity contribution in [2.75, 3.05) is 105 Å². The summed E-state index contributed by atoms with van der Waals surface area (Å²) < 4.78 is 33.1. The number of aliphatic hydroxyl groups is 1. The lowest BCUT2D eigenvalue weighted by Gasteiger charge is -2.26. The van der Waals surface area contributed by atoms with Crippen molar-refractivity contribution in [3.8, 4) is 0 Å². The maximum atomic E-state index is 12.6. The predicted octanol–water partition coefficient (Wildman–Crippen LogP) is -1.87. The molecule has 3 fully saturated rings. The summed E-state index contributed by atoms with van der Waals surface area (Å²) in [5.41, 5.74) is 0. The smallest absolute Gasteiger partial charge is 0.248 e. The van der Waals surface area contributed by atoms with Crippen LogP contribution in [0.1, 0.15) is 0 Å². The molecule has 1 atom stereocenters. The zero-order valence-electron chi connectivity index (χ0n) is 17.5. The molecule has 0 radical (unpaired) electrons. The van der Waals surface area contributed by atoms with Crippen LogP contribution in [0.25, 0.3) is 0 Å². The fourth-order valence-electron chi connectivity index (χ4n) is 2.87. The van der Waals surface area contributed by atoms with Gasteiger partial charge >= 0.3 is 0 Å². The third-order valence-corrected chi connectivity index (χ3v) is 4.65. The second-order valence-electron chi connectivity index (χ2n) is 6.84. The molecule has 1 N–H and O–H groups in total. The van der Waals surface area contributed by atoms with Crippen LogP contribution in [0.4, 0.5) is 0 Å². The summed E-state index contributed by atoms with van der Waals surface area (Å²) in [5, 5.41) is 9.48. The first-order valence-corrected chi connectivity index (χ1v) is 10.4. The van der Waals surface area contributed by atoms with Gasteiger partial charge in [-0.25, -0.2) is 0 Å². The van der Waals surface area contributed by atoms with Crippen molar-refractivity contribution < 1.29 is 43.1 Å². The Morgan fingerprint density at radius 1 is 0.667 bits per heavy atom. The van der Waals surface area contributed by atoms with Crippen LogP contribution in [-0.4, -0.2) is 138 Å². The maximum Gasteiger partial charge on any atom is 0.248 e. The highest BCUT2D eigenvalue weighted by atomic mass is 16.5. The third kappa shape index (κ3) is 10.1. The first-order chi connectivity index (χ1) is 14.7. The monoisotopic (exact) mass is 434 g/mol. The van der Waals surface area contributed by atoms with Gasteiger partial charge in [0.25, 0.3) is 0 Å². The summed E-state index contributed by atoms with van der Waals surface area (Å²) in [5.74, 6) is -0.450. The normalized spacial score (nSPS) is 25.8. The van der Waals surface area contributed by atoms with E-state index in [1.807, 2.05) is 0 Å². The van der Waals surface area contributed by atoms with E-state index in [1.54, 1.807) is 9.80 Å². The van der Waals surface area contributed by atoms with E-state index < -0.39 is 6.10 Å². The zero-order chi connectivity index (χ0) is 21.4. The van der Waals surface area contributed by atoms with Crippen molar-refractivity contribution >= 4 is 11.8 Å². The van der Waals surface area contributed by atoms with E-state index in [0.29, 0.717) is 79.0 Å². The van der Waals surface area contributed by atoms with Crippen molar-refractivity contribution in [1.29, 1.82) is 0 Å². The molecule has 0 aromatic heterocycles. The molecule has 174 valence electrons. The van der Waals surface area contributed by atoms with Crippen molar-refractivity contribution in [3.05, 3.63) is 0 Å². The van der Waals surface area contributed by atoms with Gasteiger partial charge in [-0.1, -0.05) is 0 Å². The number of fused-ring (bicyclic) bond motifs is 21. The topological polar surface area (TPSA) is 116 Å². The molecular formula is C19H34N2O9. The van der Waals surface area contributed by atoms with E-state index in [-0.39, 0.29) is 38.2 Å². The van der Waals surface area contributed by atoms with Crippen molar-refractivity contribution in [2.24, 2.45) is 0 Å². The molecule has 0 spiro atoms. The van der Waals surface area contributed by atoms with Gasteiger partial charge in [0.05, 0.1) is 66.1 Å². The van der Waals surface area contributed by atoms with Gasteiger partial charge in [-0.15, -0.1) is 0 Å². The van der Waals surface area contributed by atoms with Crippen LogP contribution in [0.5, 0.6) is 0 Å². The second-order valence-corrected chi connectivity index (χ2v) is 6.84. The molecule has 0 aromatic carbocycles. The Bertz CT molecular complexity index is 475. The van der Waals surface area contributed by atoms with E-state index in [2.05, 4.69) is 0 Å². The summed E-state index contributed by atoms with van der Waals surface area (Å²) in [6.45, 7) is 3.93. The molecule has 3 aliphatic rings. The van der Waals surface area contributed by atoms with Crippen LogP contribution >= 0.6 is 0 Å². The number of carbonyl (C=O) groups excluding carboxylic acids is 2. The Morgan fingerprint density at radius 2 is 1.10 bits per heavy atom. The first kappa shape index (κ1) is 24.9. The number of amides is 2. The molecule has 30 heavy (non-hydrogen) atoms. The fourth-order valence-corrected chi connectivity index (χ4v) is 2.87. The summed E-state index contributed by atoms with van der Waals surface area (Å²) in [4.78, 5) is 28.3. The summed E-state index contributed by atoms with van der Waals surface area (Å²) >= 11 is 0. The number of aliphatic hydroxyl groups excluding tert-OH is 1. The van der Waals surface area contributed by atoms with E-state index in [1.165, 1.54) is 0 Å². The lowest BCUT2D eigenvalue weighted by Crippen LogP contribution is -2.42. The highest BCUT2D eigenvalue weighted by molar-refractivity contribution is 5.77. The van der Waals surface area contributed by atoms with Crippen LogP contribution in [0.2, 0.25) is 0 Å². The lowest BCUT2D eigenvalue weighted by molar-refractivity contribution is -0.146. The molecule has 0 aromatic rings. The largest absolute Gasteiger partial charge is 0.394 e. The molecule has 3 aliphatic heterocycles. The SMILES string of the molecule is O=C1COCC(CO)OCC(=O)N2CCOCCOCCN1CCOCCOCC2. The standard InChI is InChI=1S/C19H34N2O9/c22-13-17-14-29-15-18(23)20-1-5-25-9-11-27-7-3-21(19(24)16-30-17)4-8-28-12-10-26-6-2-20/h17,22H,1-16H2. The van der Waals surface area contributed by atoms with Crippen molar-refractivity contribution in [3.63, 3.8) is 0 Å². The molecule has 1 unspecified atom stereocenters. The first-order valence-electron chi connectivity index (χ1n) is 10.4. The van der Waals surface area contributed by atoms with Gasteiger partial charge < -0.3 is 43.3 Å². The quantitative estimate of drug-likeness (QED) is 0.507. The lowest BCUT2D eigenvalue weighted by atomic mass is 10.4. The van der Waals surface area contributed by atoms with E-state index in [9.17, 15) is 14.7 Å². The number of hydrogen-bond donors (Lipinski definition) is 1. The van der Waals surface area contributed by atoms with E-state index >= 15 is 0 Å². The summed E-state index contributed by atoms with van der Waals surface area (Å²) in [6.07, 6.45) is -0.700. The molecule has 3 rings (SSSR count). The minimum atomic E-state index is -0.700. The van der Waals surface area contributed by atoms with Gasteiger partial charge in [-0.05, 0) is 0 Å². The van der Waals surface area contributed by atoms with Crippen LogP contribution in [0, 0.1) is 0 Å². The molecule has 0 aliphatic carbocycles. The molecule has 2 bridgehead atoms. The molecule has 3 saturated heterocycles. The number of nitrogens with zero attached hydrogens (tertiary/aromatic N) is 2. The van der Waals surface area contributed by atoms with Crippen LogP contribution < -0.4 is 0 Å². The molecular weight excluding hydrogens is 400 g/mol. The van der Waals surface area contributed by atoms with E-state index in [4.69, 9.17) is 28.4 Å². The maximum absolute atomic E-state index is 12.6. The van der Waals surface area contributed by atoms with Crippen molar-refractivity contribution in [2.45, 2.75) is 6.10 Å². The van der Waals surface area contributed by atoms with Crippen LogP contribution in [0.15, 0.2) is 0 Å². The Morgan fingerprint density at radius 3 is 1.53 bits per heavy atom. The molecule has 3 heterocycles. The molecule has 2 amide bonds. The Hall–Kier alpha value is -1.34. The van der Waals surface area contributed by atoms with Gasteiger partial charge in [0.1, 0.15) is 19.3 Å². The molecule has 11 heteroatoms. The van der Waals surface area contributed by atoms with Gasteiger partial charge in [0.15, 0.2) is 0 Å². The average molecular weight is 434 g/mol. The molecule has 11 nitrogen and oxygen atoms in total. The van der Waals surface area contributed by atoms with Gasteiger partial charge in [-0.2, -0.15) is 0 Å². The Kier molecular flexibility index (Phi) is 12.8. The number of rotatable bonds is 1. The Labute approximate surface area is 177 Å². The third-order valence-electron chi connectivity index (χ3n) is 4.65. The average Bonchev–Trinajstić information content (AvgIpc) is 2.75. The predicted molar refractivity (Wildman–Crippen MR) is 104 cm³/mol. The minimum Gasteiger partial charge on any atom is -0.394 e. The highest BCUT2D eigenvalue weighted by Crippen LogP contribution is 2.00. The Balaban J connectivity index is 2.07. The van der Waals surface area contributed by atoms with Crippen molar-refractivity contribution in [1.82, 2.24) is 9.80 Å². The number of ether oxygens (including phenoxy) is 6. The molecule has 0 saturated carbocycles.